The Morgan fingerprint density at radius 2 is 1.88 bits per heavy atom. The van der Waals surface area contributed by atoms with Gasteiger partial charge in [0.05, 0.1) is 0 Å². The number of hydrogen-bond donors (Lipinski definition) is 1. The number of nitrogens with one attached hydrogen (secondary N) is 1. The summed E-state index contributed by atoms with van der Waals surface area (Å²) < 4.78 is 0. The Kier molecular flexibility index (Phi) is 4.73. The Balaban J connectivity index is 2.78. The monoisotopic (exact) mass is 233 g/mol. The van der Waals surface area contributed by atoms with Gasteiger partial charge in [-0.15, -0.1) is 0 Å². The largest absolute Gasteiger partial charge is 0.347 e. The van der Waals surface area contributed by atoms with Crippen LogP contribution in [0.3, 0.4) is 0 Å². The van der Waals surface area contributed by atoms with Gasteiger partial charge in [-0.05, 0) is 31.4 Å². The minimum atomic E-state index is -0.123. The van der Waals surface area contributed by atoms with Gasteiger partial charge in [-0.3, -0.25) is 4.79 Å². The van der Waals surface area contributed by atoms with E-state index >= 15 is 0 Å². The first-order valence-electron chi connectivity index (χ1n) is 6.37. The molecular formula is C15H23NO. The normalized spacial score (nSPS) is 14.4. The van der Waals surface area contributed by atoms with Crippen molar-refractivity contribution in [3.8, 4) is 0 Å². The van der Waals surface area contributed by atoms with Crippen molar-refractivity contribution in [1.82, 2.24) is 5.32 Å². The first-order valence-corrected chi connectivity index (χ1v) is 6.37. The zero-order chi connectivity index (χ0) is 12.9. The van der Waals surface area contributed by atoms with Crippen molar-refractivity contribution in [1.29, 1.82) is 0 Å². The molecule has 1 aromatic carbocycles. The van der Waals surface area contributed by atoms with Crippen molar-refractivity contribution >= 4 is 5.91 Å². The molecule has 0 fully saturated rings. The number of amides is 1. The number of benzene rings is 1. The molecule has 0 radical (unpaired) electrons. The van der Waals surface area contributed by atoms with Gasteiger partial charge >= 0.3 is 0 Å². The summed E-state index contributed by atoms with van der Waals surface area (Å²) in [6, 6.07) is 9.40. The Bertz CT molecular complexity index is 358. The fourth-order valence-corrected chi connectivity index (χ4v) is 1.94. The lowest BCUT2D eigenvalue weighted by Gasteiger charge is -2.34. The van der Waals surface area contributed by atoms with Crippen molar-refractivity contribution in [2.24, 2.45) is 5.92 Å². The van der Waals surface area contributed by atoms with E-state index in [0.717, 1.165) is 18.4 Å². The van der Waals surface area contributed by atoms with Crippen molar-refractivity contribution in [3.63, 3.8) is 0 Å². The van der Waals surface area contributed by atoms with E-state index < -0.39 is 0 Å². The van der Waals surface area contributed by atoms with Crippen LogP contribution in [0.25, 0.3) is 0 Å². The maximum absolute atomic E-state index is 12.1. The summed E-state index contributed by atoms with van der Waals surface area (Å²) in [4.78, 5) is 12.1. The maximum atomic E-state index is 12.1. The molecule has 0 aliphatic carbocycles. The van der Waals surface area contributed by atoms with E-state index in [-0.39, 0.29) is 11.4 Å². The second-order valence-electron chi connectivity index (χ2n) is 5.14. The maximum Gasteiger partial charge on any atom is 0.251 e. The Morgan fingerprint density at radius 3 is 2.35 bits per heavy atom. The Morgan fingerprint density at radius 1 is 1.29 bits per heavy atom. The fraction of sp³-hybridized carbons (Fsp3) is 0.533. The molecule has 1 aromatic rings. The van der Waals surface area contributed by atoms with E-state index in [4.69, 9.17) is 0 Å². The minimum absolute atomic E-state index is 0.0234. The van der Waals surface area contributed by atoms with Crippen LogP contribution in [0.5, 0.6) is 0 Å². The van der Waals surface area contributed by atoms with Crippen molar-refractivity contribution in [2.45, 2.75) is 46.1 Å². The topological polar surface area (TPSA) is 29.1 Å². The van der Waals surface area contributed by atoms with Gasteiger partial charge in [0.15, 0.2) is 0 Å². The van der Waals surface area contributed by atoms with Crippen LogP contribution in [0.4, 0.5) is 0 Å². The van der Waals surface area contributed by atoms with E-state index in [1.165, 1.54) is 0 Å². The summed E-state index contributed by atoms with van der Waals surface area (Å²) in [5.41, 5.74) is 0.609. The quantitative estimate of drug-likeness (QED) is 0.826. The van der Waals surface area contributed by atoms with Crippen LogP contribution in [0, 0.1) is 5.92 Å². The fourth-order valence-electron chi connectivity index (χ4n) is 1.94. The molecule has 1 rings (SSSR count). The molecule has 0 aromatic heterocycles. The molecule has 94 valence electrons. The lowest BCUT2D eigenvalue weighted by molar-refractivity contribution is 0.0870. The van der Waals surface area contributed by atoms with E-state index in [1.54, 1.807) is 0 Å². The van der Waals surface area contributed by atoms with E-state index in [0.29, 0.717) is 5.92 Å². The van der Waals surface area contributed by atoms with Gasteiger partial charge in [0, 0.05) is 11.1 Å². The third-order valence-corrected chi connectivity index (χ3v) is 3.48. The zero-order valence-corrected chi connectivity index (χ0v) is 11.3. The van der Waals surface area contributed by atoms with Gasteiger partial charge in [0.25, 0.3) is 5.91 Å². The molecule has 1 amide bonds. The van der Waals surface area contributed by atoms with Crippen molar-refractivity contribution in [2.75, 3.05) is 0 Å². The molecule has 2 nitrogen and oxygen atoms in total. The molecule has 0 heterocycles. The predicted molar refractivity (Wildman–Crippen MR) is 72.1 cm³/mol. The average Bonchev–Trinajstić information content (AvgIpc) is 2.30. The van der Waals surface area contributed by atoms with E-state index in [9.17, 15) is 4.79 Å². The SMILES string of the molecule is CCCC(C)(NC(=O)c1ccccc1)C(C)C. The highest BCUT2D eigenvalue weighted by molar-refractivity contribution is 5.94. The summed E-state index contributed by atoms with van der Waals surface area (Å²) in [6.45, 7) is 8.58. The van der Waals surface area contributed by atoms with Gasteiger partial charge in [0.2, 0.25) is 0 Å². The summed E-state index contributed by atoms with van der Waals surface area (Å²) in [5, 5.41) is 3.17. The number of carbonyl (C=O) groups excluding carboxylic acids is 1. The van der Waals surface area contributed by atoms with E-state index in [2.05, 4.69) is 33.0 Å². The van der Waals surface area contributed by atoms with Gasteiger partial charge in [0.1, 0.15) is 0 Å². The molecule has 0 bridgehead atoms. The molecule has 1 atom stereocenters. The second-order valence-corrected chi connectivity index (χ2v) is 5.14. The van der Waals surface area contributed by atoms with Gasteiger partial charge in [-0.1, -0.05) is 45.4 Å². The summed E-state index contributed by atoms with van der Waals surface area (Å²) in [7, 11) is 0. The van der Waals surface area contributed by atoms with Gasteiger partial charge in [-0.25, -0.2) is 0 Å². The van der Waals surface area contributed by atoms with Crippen LogP contribution in [-0.2, 0) is 0 Å². The summed E-state index contributed by atoms with van der Waals surface area (Å²) >= 11 is 0. The third kappa shape index (κ3) is 3.58. The third-order valence-electron chi connectivity index (χ3n) is 3.48. The highest BCUT2D eigenvalue weighted by Gasteiger charge is 2.29. The molecule has 0 saturated carbocycles. The molecule has 1 N–H and O–H groups in total. The summed E-state index contributed by atoms with van der Waals surface area (Å²) in [6.07, 6.45) is 2.08. The van der Waals surface area contributed by atoms with Crippen LogP contribution in [0.2, 0.25) is 0 Å². The zero-order valence-electron chi connectivity index (χ0n) is 11.3. The molecule has 0 aliphatic rings. The number of rotatable bonds is 5. The highest BCUT2D eigenvalue weighted by Crippen LogP contribution is 2.22. The van der Waals surface area contributed by atoms with Crippen LogP contribution in [0.1, 0.15) is 50.9 Å². The molecule has 0 aliphatic heterocycles. The number of carbonyl (C=O) groups is 1. The second kappa shape index (κ2) is 5.85. The smallest absolute Gasteiger partial charge is 0.251 e. The first kappa shape index (κ1) is 13.8. The van der Waals surface area contributed by atoms with Crippen molar-refractivity contribution in [3.05, 3.63) is 35.9 Å². The lowest BCUT2D eigenvalue weighted by Crippen LogP contribution is -2.49. The molecule has 1 unspecified atom stereocenters. The lowest BCUT2D eigenvalue weighted by atomic mass is 9.84. The van der Waals surface area contributed by atoms with Crippen LogP contribution < -0.4 is 5.32 Å². The van der Waals surface area contributed by atoms with Crippen LogP contribution in [-0.4, -0.2) is 11.4 Å². The van der Waals surface area contributed by atoms with Crippen LogP contribution in [0.15, 0.2) is 30.3 Å². The highest BCUT2D eigenvalue weighted by atomic mass is 16.1. The molecule has 17 heavy (non-hydrogen) atoms. The Hall–Kier alpha value is -1.31. The van der Waals surface area contributed by atoms with Gasteiger partial charge < -0.3 is 5.32 Å². The number of hydrogen-bond acceptors (Lipinski definition) is 1. The summed E-state index contributed by atoms with van der Waals surface area (Å²) in [5.74, 6) is 0.449. The van der Waals surface area contributed by atoms with Crippen LogP contribution >= 0.6 is 0 Å². The molecule has 0 spiro atoms. The van der Waals surface area contributed by atoms with Gasteiger partial charge in [-0.2, -0.15) is 0 Å². The first-order chi connectivity index (χ1) is 7.99. The standard InChI is InChI=1S/C15H23NO/c1-5-11-15(4,12(2)3)16-14(17)13-9-7-6-8-10-13/h6-10,12H,5,11H2,1-4H3,(H,16,17). The van der Waals surface area contributed by atoms with Crippen molar-refractivity contribution < 1.29 is 4.79 Å². The minimum Gasteiger partial charge on any atom is -0.347 e. The van der Waals surface area contributed by atoms with E-state index in [1.807, 2.05) is 30.3 Å². The average molecular weight is 233 g/mol. The Labute approximate surface area is 104 Å². The molecule has 0 saturated heterocycles. The molecule has 2 heteroatoms. The predicted octanol–water partition coefficient (Wildman–Crippen LogP) is 3.63. The molecular weight excluding hydrogens is 210 g/mol.